The quantitative estimate of drug-likeness (QED) is 0.664. The standard InChI is InChI=1S/C20H17F3N2O2/c1-13-2-4-14(5-3-13)17-12-24-19(27-17)11-10-18(26)25-16-8-6-15(7-9-16)20(21,22)23/h2-9,12H,10-11H2,1H3,(H,25,26). The van der Waals surface area contributed by atoms with Gasteiger partial charge < -0.3 is 9.73 Å². The Labute approximate surface area is 154 Å². The summed E-state index contributed by atoms with van der Waals surface area (Å²) < 4.78 is 43.2. The van der Waals surface area contributed by atoms with E-state index in [9.17, 15) is 18.0 Å². The molecule has 0 aliphatic rings. The van der Waals surface area contributed by atoms with Gasteiger partial charge in [0.05, 0.1) is 11.8 Å². The lowest BCUT2D eigenvalue weighted by molar-refractivity contribution is -0.137. The summed E-state index contributed by atoms with van der Waals surface area (Å²) in [5.41, 5.74) is 1.58. The minimum Gasteiger partial charge on any atom is -0.441 e. The molecule has 7 heteroatoms. The third-order valence-electron chi connectivity index (χ3n) is 3.95. The van der Waals surface area contributed by atoms with Crippen molar-refractivity contribution in [2.75, 3.05) is 5.32 Å². The molecule has 1 N–H and O–H groups in total. The minimum atomic E-state index is -4.40. The molecule has 0 saturated heterocycles. The first-order valence-corrected chi connectivity index (χ1v) is 8.30. The fraction of sp³-hybridized carbons (Fsp3) is 0.200. The van der Waals surface area contributed by atoms with Gasteiger partial charge in [-0.3, -0.25) is 4.79 Å². The third-order valence-corrected chi connectivity index (χ3v) is 3.95. The lowest BCUT2D eigenvalue weighted by Crippen LogP contribution is -2.13. The predicted octanol–water partition coefficient (Wildman–Crippen LogP) is 5.24. The summed E-state index contributed by atoms with van der Waals surface area (Å²) in [5.74, 6) is 0.714. The van der Waals surface area contributed by atoms with Crippen molar-refractivity contribution in [3.8, 4) is 11.3 Å². The minimum absolute atomic E-state index is 0.106. The van der Waals surface area contributed by atoms with Crippen LogP contribution < -0.4 is 5.32 Å². The second-order valence-electron chi connectivity index (χ2n) is 6.11. The van der Waals surface area contributed by atoms with E-state index in [1.165, 1.54) is 12.1 Å². The van der Waals surface area contributed by atoms with Crippen LogP contribution in [0, 0.1) is 6.92 Å². The normalized spacial score (nSPS) is 11.4. The monoisotopic (exact) mass is 374 g/mol. The number of oxazole rings is 1. The van der Waals surface area contributed by atoms with E-state index in [1.54, 1.807) is 6.20 Å². The Morgan fingerprint density at radius 1 is 1.07 bits per heavy atom. The zero-order chi connectivity index (χ0) is 19.4. The van der Waals surface area contributed by atoms with Crippen LogP contribution in [-0.4, -0.2) is 10.9 Å². The first-order valence-electron chi connectivity index (χ1n) is 8.30. The molecule has 0 aliphatic carbocycles. The molecule has 2 aromatic carbocycles. The van der Waals surface area contributed by atoms with Crippen molar-refractivity contribution in [1.82, 2.24) is 4.98 Å². The van der Waals surface area contributed by atoms with Gasteiger partial charge in [-0.15, -0.1) is 0 Å². The number of rotatable bonds is 5. The Morgan fingerprint density at radius 3 is 2.37 bits per heavy atom. The lowest BCUT2D eigenvalue weighted by atomic mass is 10.1. The van der Waals surface area contributed by atoms with Gasteiger partial charge in [-0.05, 0) is 31.2 Å². The van der Waals surface area contributed by atoms with Crippen molar-refractivity contribution in [3.63, 3.8) is 0 Å². The second kappa shape index (κ2) is 7.65. The van der Waals surface area contributed by atoms with E-state index in [0.717, 1.165) is 23.3 Å². The number of halogens is 3. The Bertz CT molecular complexity index is 914. The maximum atomic E-state index is 12.5. The van der Waals surface area contributed by atoms with Crippen molar-refractivity contribution in [2.45, 2.75) is 25.9 Å². The van der Waals surface area contributed by atoms with Crippen LogP contribution in [0.3, 0.4) is 0 Å². The highest BCUT2D eigenvalue weighted by molar-refractivity contribution is 5.90. The highest BCUT2D eigenvalue weighted by Crippen LogP contribution is 2.29. The number of alkyl halides is 3. The maximum Gasteiger partial charge on any atom is 0.416 e. The van der Waals surface area contributed by atoms with Gasteiger partial charge in [-0.2, -0.15) is 13.2 Å². The zero-order valence-corrected chi connectivity index (χ0v) is 14.5. The Balaban J connectivity index is 1.54. The fourth-order valence-corrected chi connectivity index (χ4v) is 2.46. The summed E-state index contributed by atoms with van der Waals surface area (Å²) in [5, 5.41) is 2.56. The van der Waals surface area contributed by atoms with Gasteiger partial charge >= 0.3 is 6.18 Å². The van der Waals surface area contributed by atoms with Gasteiger partial charge in [-0.1, -0.05) is 29.8 Å². The molecule has 4 nitrogen and oxygen atoms in total. The number of hydrogen-bond acceptors (Lipinski definition) is 3. The van der Waals surface area contributed by atoms with Crippen LogP contribution in [-0.2, 0) is 17.4 Å². The van der Waals surface area contributed by atoms with E-state index in [-0.39, 0.29) is 12.3 Å². The number of amides is 1. The molecule has 0 fully saturated rings. The smallest absolute Gasteiger partial charge is 0.416 e. The average molecular weight is 374 g/mol. The number of aromatic nitrogens is 1. The molecule has 1 amide bonds. The Hall–Kier alpha value is -3.09. The molecule has 0 bridgehead atoms. The van der Waals surface area contributed by atoms with E-state index in [2.05, 4.69) is 10.3 Å². The number of anilines is 1. The summed E-state index contributed by atoms with van der Waals surface area (Å²) in [6, 6.07) is 12.1. The first-order chi connectivity index (χ1) is 12.8. The number of nitrogens with one attached hydrogen (secondary N) is 1. The number of nitrogens with zero attached hydrogens (tertiary/aromatic N) is 1. The van der Waals surface area contributed by atoms with Crippen LogP contribution in [0.25, 0.3) is 11.3 Å². The maximum absolute atomic E-state index is 12.5. The molecule has 3 aromatic rings. The molecule has 0 aliphatic heterocycles. The summed E-state index contributed by atoms with van der Waals surface area (Å²) in [4.78, 5) is 16.1. The number of hydrogen-bond donors (Lipinski definition) is 1. The van der Waals surface area contributed by atoms with Gasteiger partial charge in [-0.25, -0.2) is 4.98 Å². The SMILES string of the molecule is Cc1ccc(-c2cnc(CCC(=O)Nc3ccc(C(F)(F)F)cc3)o2)cc1. The van der Waals surface area contributed by atoms with Gasteiger partial charge in [0.2, 0.25) is 5.91 Å². The second-order valence-corrected chi connectivity index (χ2v) is 6.11. The van der Waals surface area contributed by atoms with Crippen LogP contribution in [0.5, 0.6) is 0 Å². The van der Waals surface area contributed by atoms with Crippen LogP contribution in [0.15, 0.2) is 59.1 Å². The highest BCUT2D eigenvalue weighted by atomic mass is 19.4. The molecule has 0 atom stereocenters. The van der Waals surface area contributed by atoms with Gasteiger partial charge in [0.15, 0.2) is 11.7 Å². The fourth-order valence-electron chi connectivity index (χ4n) is 2.46. The lowest BCUT2D eigenvalue weighted by Gasteiger charge is -2.08. The largest absolute Gasteiger partial charge is 0.441 e. The first kappa shape index (κ1) is 18.7. The topological polar surface area (TPSA) is 55.1 Å². The summed E-state index contributed by atoms with van der Waals surface area (Å²) in [6.45, 7) is 1.99. The van der Waals surface area contributed by atoms with Crippen molar-refractivity contribution < 1.29 is 22.4 Å². The van der Waals surface area contributed by atoms with E-state index in [4.69, 9.17) is 4.42 Å². The molecule has 0 radical (unpaired) electrons. The third kappa shape index (κ3) is 4.97. The number of aryl methyl sites for hydroxylation is 2. The molecular formula is C20H17F3N2O2. The van der Waals surface area contributed by atoms with Crippen LogP contribution in [0.4, 0.5) is 18.9 Å². The predicted molar refractivity (Wildman–Crippen MR) is 95.1 cm³/mol. The van der Waals surface area contributed by atoms with Crippen LogP contribution >= 0.6 is 0 Å². The molecule has 0 spiro atoms. The van der Waals surface area contributed by atoms with Gasteiger partial charge in [0.1, 0.15) is 0 Å². The molecule has 3 rings (SSSR count). The Morgan fingerprint density at radius 2 is 1.74 bits per heavy atom. The van der Waals surface area contributed by atoms with E-state index in [1.807, 2.05) is 31.2 Å². The Kier molecular flexibility index (Phi) is 5.30. The molecular weight excluding hydrogens is 357 g/mol. The van der Waals surface area contributed by atoms with Gasteiger partial charge in [0, 0.05) is 24.1 Å². The van der Waals surface area contributed by atoms with Crippen LogP contribution in [0.2, 0.25) is 0 Å². The molecule has 1 aromatic heterocycles. The van der Waals surface area contributed by atoms with Crippen molar-refractivity contribution in [3.05, 3.63) is 71.7 Å². The number of carbonyl (C=O) groups is 1. The van der Waals surface area contributed by atoms with Crippen molar-refractivity contribution in [2.24, 2.45) is 0 Å². The van der Waals surface area contributed by atoms with Crippen LogP contribution in [0.1, 0.15) is 23.4 Å². The molecule has 1 heterocycles. The summed E-state index contributed by atoms with van der Waals surface area (Å²) in [7, 11) is 0. The van der Waals surface area contributed by atoms with Crippen molar-refractivity contribution in [1.29, 1.82) is 0 Å². The number of benzene rings is 2. The van der Waals surface area contributed by atoms with Gasteiger partial charge in [0.25, 0.3) is 0 Å². The van der Waals surface area contributed by atoms with E-state index in [0.29, 0.717) is 23.8 Å². The highest BCUT2D eigenvalue weighted by Gasteiger charge is 2.29. The average Bonchev–Trinajstić information content (AvgIpc) is 3.09. The summed E-state index contributed by atoms with van der Waals surface area (Å²) in [6.07, 6.45) is -2.40. The molecule has 0 unspecified atom stereocenters. The summed E-state index contributed by atoms with van der Waals surface area (Å²) >= 11 is 0. The van der Waals surface area contributed by atoms with Crippen molar-refractivity contribution >= 4 is 11.6 Å². The van der Waals surface area contributed by atoms with E-state index >= 15 is 0 Å². The zero-order valence-electron chi connectivity index (χ0n) is 14.5. The number of carbonyl (C=O) groups excluding carboxylic acids is 1. The molecule has 0 saturated carbocycles. The molecule has 140 valence electrons. The van der Waals surface area contributed by atoms with E-state index < -0.39 is 11.7 Å². The molecule has 27 heavy (non-hydrogen) atoms.